The molecule has 0 atom stereocenters. The van der Waals surface area contributed by atoms with Gasteiger partial charge in [-0.05, 0) is 55.2 Å². The van der Waals surface area contributed by atoms with Gasteiger partial charge in [0, 0.05) is 10.5 Å². The molecule has 0 radical (unpaired) electrons. The number of thioether (sulfide) groups is 1. The number of benzene rings is 1. The van der Waals surface area contributed by atoms with Gasteiger partial charge in [-0.1, -0.05) is 110 Å². The smallest absolute Gasteiger partial charge is 0.0381 e. The molecule has 0 heterocycles. The van der Waals surface area contributed by atoms with Crippen LogP contribution in [0.25, 0.3) is 0 Å². The number of rotatable bonds is 19. The largest absolute Gasteiger partial charge is 0.128 e. The SMILES string of the molecule is C#Cc1cc(CCCCCCCCCC)c(CCCCCCCCCC)cc1SC. The van der Waals surface area contributed by atoms with E-state index in [1.54, 1.807) is 17.3 Å². The highest BCUT2D eigenvalue weighted by atomic mass is 32.2. The molecule has 0 fully saturated rings. The molecule has 0 aliphatic rings. The van der Waals surface area contributed by atoms with Gasteiger partial charge in [-0.15, -0.1) is 18.2 Å². The Balaban J connectivity index is 2.46. The van der Waals surface area contributed by atoms with E-state index in [9.17, 15) is 0 Å². The molecule has 1 rings (SSSR count). The van der Waals surface area contributed by atoms with Gasteiger partial charge in [0.25, 0.3) is 0 Å². The van der Waals surface area contributed by atoms with Gasteiger partial charge in [0.1, 0.15) is 0 Å². The number of unbranched alkanes of at least 4 members (excludes halogenated alkanes) is 14. The van der Waals surface area contributed by atoms with Gasteiger partial charge in [0.2, 0.25) is 0 Å². The standard InChI is InChI=1S/C29H48S/c1-5-8-10-12-14-16-18-20-22-27-24-26(7-3)29(30-4)25-28(27)23-21-19-17-15-13-11-9-6-2/h3,24-25H,5-6,8-23H2,1-2,4H3. The van der Waals surface area contributed by atoms with Crippen molar-refractivity contribution in [2.75, 3.05) is 6.26 Å². The lowest BCUT2D eigenvalue weighted by molar-refractivity contribution is 0.570. The average molecular weight is 429 g/mol. The molecule has 0 bridgehead atoms. The van der Waals surface area contributed by atoms with Gasteiger partial charge in [-0.25, -0.2) is 0 Å². The van der Waals surface area contributed by atoms with E-state index in [-0.39, 0.29) is 0 Å². The lowest BCUT2D eigenvalue weighted by Crippen LogP contribution is -1.99. The van der Waals surface area contributed by atoms with Crippen molar-refractivity contribution in [3.8, 4) is 12.3 Å². The fourth-order valence-electron chi connectivity index (χ4n) is 4.31. The van der Waals surface area contributed by atoms with Crippen molar-refractivity contribution >= 4 is 11.8 Å². The first-order chi connectivity index (χ1) is 14.8. The predicted molar refractivity (Wildman–Crippen MR) is 139 cm³/mol. The minimum absolute atomic E-state index is 1.09. The maximum atomic E-state index is 5.81. The summed E-state index contributed by atoms with van der Waals surface area (Å²) in [5.74, 6) is 2.92. The van der Waals surface area contributed by atoms with Crippen molar-refractivity contribution < 1.29 is 0 Å². The van der Waals surface area contributed by atoms with Gasteiger partial charge in [-0.3, -0.25) is 0 Å². The van der Waals surface area contributed by atoms with Crippen LogP contribution in [0.5, 0.6) is 0 Å². The van der Waals surface area contributed by atoms with E-state index in [1.807, 2.05) is 0 Å². The van der Waals surface area contributed by atoms with Crippen molar-refractivity contribution in [2.45, 2.75) is 134 Å². The molecule has 0 spiro atoms. The van der Waals surface area contributed by atoms with Crippen LogP contribution < -0.4 is 0 Å². The highest BCUT2D eigenvalue weighted by Crippen LogP contribution is 2.27. The van der Waals surface area contributed by atoms with E-state index < -0.39 is 0 Å². The van der Waals surface area contributed by atoms with Gasteiger partial charge < -0.3 is 0 Å². The molecule has 0 saturated heterocycles. The zero-order chi connectivity index (χ0) is 21.9. The first-order valence-electron chi connectivity index (χ1n) is 12.9. The molecular formula is C29H48S. The molecule has 0 aliphatic heterocycles. The summed E-state index contributed by atoms with van der Waals surface area (Å²) in [6.07, 6.45) is 32.5. The van der Waals surface area contributed by atoms with Crippen LogP contribution in [0.3, 0.4) is 0 Å². The summed E-state index contributed by atoms with van der Waals surface area (Å²) in [5.41, 5.74) is 4.18. The van der Waals surface area contributed by atoms with E-state index in [2.05, 4.69) is 38.2 Å². The molecule has 1 aromatic rings. The summed E-state index contributed by atoms with van der Waals surface area (Å²) in [6, 6.07) is 4.73. The fourth-order valence-corrected chi connectivity index (χ4v) is 4.91. The summed E-state index contributed by atoms with van der Waals surface area (Å²) >= 11 is 1.80. The zero-order valence-corrected chi connectivity index (χ0v) is 21.2. The molecule has 0 nitrogen and oxygen atoms in total. The molecule has 0 amide bonds. The molecule has 0 aromatic heterocycles. The molecule has 0 saturated carbocycles. The van der Waals surface area contributed by atoms with Gasteiger partial charge in [0.05, 0.1) is 0 Å². The van der Waals surface area contributed by atoms with E-state index in [0.717, 1.165) is 5.56 Å². The quantitative estimate of drug-likeness (QED) is 0.120. The van der Waals surface area contributed by atoms with E-state index >= 15 is 0 Å². The number of aryl methyl sites for hydroxylation is 2. The van der Waals surface area contributed by atoms with Crippen LogP contribution in [-0.4, -0.2) is 6.26 Å². The molecule has 0 N–H and O–H groups in total. The van der Waals surface area contributed by atoms with Crippen LogP contribution in [0.15, 0.2) is 17.0 Å². The molecule has 0 aliphatic carbocycles. The summed E-state index contributed by atoms with van der Waals surface area (Å²) in [6.45, 7) is 4.58. The highest BCUT2D eigenvalue weighted by Gasteiger charge is 2.09. The lowest BCUT2D eigenvalue weighted by atomic mass is 9.94. The average Bonchev–Trinajstić information content (AvgIpc) is 2.77. The Bertz CT molecular complexity index is 581. The minimum atomic E-state index is 1.09. The second-order valence-electron chi connectivity index (χ2n) is 8.92. The van der Waals surface area contributed by atoms with Crippen molar-refractivity contribution in [1.82, 2.24) is 0 Å². The van der Waals surface area contributed by atoms with Crippen LogP contribution in [0, 0.1) is 12.3 Å². The third-order valence-corrected chi connectivity index (χ3v) is 7.05. The fraction of sp³-hybridized carbons (Fsp3) is 0.724. The zero-order valence-electron chi connectivity index (χ0n) is 20.4. The predicted octanol–water partition coefficient (Wildman–Crippen LogP) is 9.76. The van der Waals surface area contributed by atoms with E-state index in [4.69, 9.17) is 6.42 Å². The first-order valence-corrected chi connectivity index (χ1v) is 14.2. The number of hydrogen-bond donors (Lipinski definition) is 0. The third kappa shape index (κ3) is 12.1. The van der Waals surface area contributed by atoms with Gasteiger partial charge >= 0.3 is 0 Å². The maximum absolute atomic E-state index is 5.81. The Hall–Kier alpha value is -0.870. The Labute approximate surface area is 193 Å². The lowest BCUT2D eigenvalue weighted by Gasteiger charge is -2.14. The Morgan fingerprint density at radius 2 is 1.03 bits per heavy atom. The molecule has 170 valence electrons. The van der Waals surface area contributed by atoms with Gasteiger partial charge in [0.15, 0.2) is 0 Å². The maximum Gasteiger partial charge on any atom is 0.0381 e. The summed E-state index contributed by atoms with van der Waals surface area (Å²) in [4.78, 5) is 1.28. The van der Waals surface area contributed by atoms with Crippen LogP contribution in [0.2, 0.25) is 0 Å². The summed E-state index contributed by atoms with van der Waals surface area (Å²) in [7, 11) is 0. The van der Waals surface area contributed by atoms with Crippen LogP contribution in [0.1, 0.15) is 133 Å². The second kappa shape index (κ2) is 18.9. The normalized spacial score (nSPS) is 11.0. The van der Waals surface area contributed by atoms with Crippen LogP contribution >= 0.6 is 11.8 Å². The van der Waals surface area contributed by atoms with E-state index in [1.165, 1.54) is 126 Å². The third-order valence-electron chi connectivity index (χ3n) is 6.28. The summed E-state index contributed by atoms with van der Waals surface area (Å²) in [5, 5.41) is 0. The molecule has 30 heavy (non-hydrogen) atoms. The second-order valence-corrected chi connectivity index (χ2v) is 9.76. The van der Waals surface area contributed by atoms with Crippen LogP contribution in [-0.2, 0) is 12.8 Å². The van der Waals surface area contributed by atoms with Crippen molar-refractivity contribution in [2.24, 2.45) is 0 Å². The highest BCUT2D eigenvalue weighted by molar-refractivity contribution is 7.98. The molecule has 1 heteroatoms. The van der Waals surface area contributed by atoms with Crippen molar-refractivity contribution in [3.63, 3.8) is 0 Å². The number of hydrogen-bond acceptors (Lipinski definition) is 1. The monoisotopic (exact) mass is 428 g/mol. The number of terminal acetylenes is 1. The first kappa shape index (κ1) is 27.2. The Morgan fingerprint density at radius 3 is 1.43 bits per heavy atom. The Morgan fingerprint density at radius 1 is 0.633 bits per heavy atom. The van der Waals surface area contributed by atoms with Crippen molar-refractivity contribution in [3.05, 3.63) is 28.8 Å². The molecule has 1 aromatic carbocycles. The minimum Gasteiger partial charge on any atom is -0.128 e. The topological polar surface area (TPSA) is 0 Å². The van der Waals surface area contributed by atoms with E-state index in [0.29, 0.717) is 0 Å². The molecule has 0 unspecified atom stereocenters. The summed E-state index contributed by atoms with van der Waals surface area (Å²) < 4.78 is 0. The molecular weight excluding hydrogens is 380 g/mol. The Kier molecular flexibility index (Phi) is 17.1. The van der Waals surface area contributed by atoms with Gasteiger partial charge in [-0.2, -0.15) is 0 Å². The van der Waals surface area contributed by atoms with Crippen molar-refractivity contribution in [1.29, 1.82) is 0 Å². The van der Waals surface area contributed by atoms with Crippen LogP contribution in [0.4, 0.5) is 0 Å².